The van der Waals surface area contributed by atoms with E-state index in [2.05, 4.69) is 41.6 Å². The Morgan fingerprint density at radius 2 is 1.74 bits per heavy atom. The van der Waals surface area contributed by atoms with E-state index in [9.17, 15) is 18.3 Å². The van der Waals surface area contributed by atoms with Crippen molar-refractivity contribution in [2.45, 2.75) is 102 Å². The van der Waals surface area contributed by atoms with Crippen molar-refractivity contribution >= 4 is 0 Å². The molecule has 0 aromatic heterocycles. The van der Waals surface area contributed by atoms with E-state index in [1.807, 2.05) is 0 Å². The quantitative estimate of drug-likeness (QED) is 0.466. The number of halogens is 4. The molecule has 1 aliphatic carbocycles. The second-order valence-corrected chi connectivity index (χ2v) is 10.9. The van der Waals surface area contributed by atoms with Crippen LogP contribution in [0, 0.1) is 17.3 Å². The van der Waals surface area contributed by atoms with Crippen LogP contribution in [-0.2, 0) is 0 Å². The van der Waals surface area contributed by atoms with Gasteiger partial charge in [-0.3, -0.25) is 20.9 Å². The van der Waals surface area contributed by atoms with Crippen molar-refractivity contribution in [3.8, 4) is 0 Å². The lowest BCUT2D eigenvalue weighted by atomic mass is 9.77. The molecule has 31 heavy (non-hydrogen) atoms. The molecule has 0 bridgehead atoms. The summed E-state index contributed by atoms with van der Waals surface area (Å²) in [4.78, 5) is 2.16. The minimum absolute atomic E-state index is 0.00777. The van der Waals surface area contributed by atoms with E-state index in [0.29, 0.717) is 19.5 Å². The van der Waals surface area contributed by atoms with Crippen molar-refractivity contribution in [3.63, 3.8) is 0 Å². The Labute approximate surface area is 183 Å². The predicted octanol–water partition coefficient (Wildman–Crippen LogP) is 3.35. The zero-order valence-electron chi connectivity index (χ0n) is 19.0. The molecule has 5 atom stereocenters. The number of likely N-dealkylation sites (tertiary alicyclic amines) is 1. The van der Waals surface area contributed by atoms with Crippen LogP contribution in [0.2, 0.25) is 0 Å². The summed E-state index contributed by atoms with van der Waals surface area (Å²) in [5, 5.41) is 19.4. The number of aliphatic hydroxyl groups is 1. The molecule has 4 N–H and O–H groups in total. The summed E-state index contributed by atoms with van der Waals surface area (Å²) in [5.74, 6) is -0.987. The molecular formula is C22H40F4N4O. The van der Waals surface area contributed by atoms with Gasteiger partial charge in [-0.2, -0.15) is 13.2 Å². The van der Waals surface area contributed by atoms with Crippen LogP contribution in [0.1, 0.15) is 65.7 Å². The van der Waals surface area contributed by atoms with Gasteiger partial charge in [0.15, 0.2) is 6.17 Å². The summed E-state index contributed by atoms with van der Waals surface area (Å²) in [6, 6.07) is -0.0755. The summed E-state index contributed by atoms with van der Waals surface area (Å²) in [7, 11) is 0. The third-order valence-electron chi connectivity index (χ3n) is 7.23. The fourth-order valence-electron chi connectivity index (χ4n) is 5.80. The van der Waals surface area contributed by atoms with Crippen LogP contribution >= 0.6 is 0 Å². The van der Waals surface area contributed by atoms with Gasteiger partial charge in [0.2, 0.25) is 0 Å². The second-order valence-electron chi connectivity index (χ2n) is 10.9. The first-order chi connectivity index (χ1) is 14.5. The molecular weight excluding hydrogens is 412 g/mol. The average Bonchev–Trinajstić information content (AvgIpc) is 3.17. The lowest BCUT2D eigenvalue weighted by Gasteiger charge is -2.45. The van der Waals surface area contributed by atoms with Gasteiger partial charge < -0.3 is 5.11 Å². The van der Waals surface area contributed by atoms with Gasteiger partial charge in [0.25, 0.3) is 0 Å². The van der Waals surface area contributed by atoms with Crippen molar-refractivity contribution in [2.75, 3.05) is 19.8 Å². The average molecular weight is 453 g/mol. The lowest BCUT2D eigenvalue weighted by Crippen LogP contribution is -2.70. The highest BCUT2D eigenvalue weighted by Gasteiger charge is 2.47. The number of aliphatic hydroxyl groups excluding tert-OH is 1. The van der Waals surface area contributed by atoms with Gasteiger partial charge in [-0.05, 0) is 56.3 Å². The minimum atomic E-state index is -4.10. The molecule has 2 heterocycles. The fourth-order valence-corrected chi connectivity index (χ4v) is 5.80. The Kier molecular flexibility index (Phi) is 8.27. The SMILES string of the molecule is CC(C)(C)C[C@H](CO)NC1NCNC(N2CCCC2C2CCC(C(F)(F)F)CC2)C1F. The molecule has 0 aromatic rings. The van der Waals surface area contributed by atoms with Crippen LogP contribution in [0.3, 0.4) is 0 Å². The van der Waals surface area contributed by atoms with Gasteiger partial charge in [0.1, 0.15) is 0 Å². The fraction of sp³-hybridized carbons (Fsp3) is 1.00. The number of alkyl halides is 4. The Hall–Kier alpha value is -0.480. The van der Waals surface area contributed by atoms with E-state index in [1.165, 1.54) is 0 Å². The molecule has 9 heteroatoms. The largest absolute Gasteiger partial charge is 0.395 e. The number of nitrogens with one attached hydrogen (secondary N) is 3. The van der Waals surface area contributed by atoms with E-state index in [1.54, 1.807) is 0 Å². The van der Waals surface area contributed by atoms with Gasteiger partial charge in [0, 0.05) is 25.3 Å². The van der Waals surface area contributed by atoms with Crippen LogP contribution in [0.25, 0.3) is 0 Å². The molecule has 3 fully saturated rings. The van der Waals surface area contributed by atoms with E-state index >= 15 is 4.39 Å². The Balaban J connectivity index is 1.60. The normalized spacial score (nSPS) is 37.2. The van der Waals surface area contributed by atoms with Gasteiger partial charge >= 0.3 is 6.18 Å². The van der Waals surface area contributed by atoms with Crippen molar-refractivity contribution in [1.82, 2.24) is 20.9 Å². The van der Waals surface area contributed by atoms with E-state index in [4.69, 9.17) is 0 Å². The first kappa shape index (κ1) is 25.1. The molecule has 4 unspecified atom stereocenters. The predicted molar refractivity (Wildman–Crippen MR) is 113 cm³/mol. The van der Waals surface area contributed by atoms with Gasteiger partial charge in [-0.25, -0.2) is 4.39 Å². The minimum Gasteiger partial charge on any atom is -0.395 e. The molecule has 2 saturated heterocycles. The van der Waals surface area contributed by atoms with Gasteiger partial charge in [-0.1, -0.05) is 20.8 Å². The first-order valence-corrected chi connectivity index (χ1v) is 11.8. The van der Waals surface area contributed by atoms with Crippen LogP contribution in [0.5, 0.6) is 0 Å². The Morgan fingerprint density at radius 3 is 2.32 bits per heavy atom. The molecule has 182 valence electrons. The molecule has 0 aromatic carbocycles. The maximum Gasteiger partial charge on any atom is 0.391 e. The van der Waals surface area contributed by atoms with Crippen molar-refractivity contribution in [3.05, 3.63) is 0 Å². The zero-order chi connectivity index (χ0) is 22.8. The highest BCUT2D eigenvalue weighted by Crippen LogP contribution is 2.43. The third-order valence-corrected chi connectivity index (χ3v) is 7.23. The molecule has 0 amide bonds. The van der Waals surface area contributed by atoms with Gasteiger partial charge in [-0.15, -0.1) is 0 Å². The molecule has 2 aliphatic heterocycles. The number of nitrogens with zero attached hydrogens (tertiary/aromatic N) is 1. The monoisotopic (exact) mass is 452 g/mol. The molecule has 0 radical (unpaired) electrons. The second kappa shape index (κ2) is 10.2. The topological polar surface area (TPSA) is 59.6 Å². The van der Waals surface area contributed by atoms with Crippen LogP contribution in [-0.4, -0.2) is 66.6 Å². The van der Waals surface area contributed by atoms with E-state index < -0.39 is 30.6 Å². The Morgan fingerprint density at radius 1 is 1.06 bits per heavy atom. The summed E-state index contributed by atoms with van der Waals surface area (Å²) in [6.07, 6.45) is -2.29. The van der Waals surface area contributed by atoms with Crippen LogP contribution in [0.4, 0.5) is 17.6 Å². The lowest BCUT2D eigenvalue weighted by molar-refractivity contribution is -0.185. The maximum atomic E-state index is 15.6. The molecule has 3 rings (SSSR count). The van der Waals surface area contributed by atoms with Crippen molar-refractivity contribution < 1.29 is 22.7 Å². The summed E-state index contributed by atoms with van der Waals surface area (Å²) in [5.41, 5.74) is 0.00777. The highest BCUT2D eigenvalue weighted by atomic mass is 19.4. The standard InChI is InChI=1S/C22H40F4N4O/c1-21(2,3)11-16(12-31)29-19-18(23)20(28-13-27-19)30-10-4-5-17(30)14-6-8-15(9-7-14)22(24,25)26/h14-20,27-29,31H,4-13H2,1-3H3/t14?,15?,16-,17?,18?,19?,20?/m1/s1. The van der Waals surface area contributed by atoms with Crippen molar-refractivity contribution in [1.29, 1.82) is 0 Å². The molecule has 1 saturated carbocycles. The van der Waals surface area contributed by atoms with E-state index in [-0.39, 0.29) is 42.9 Å². The smallest absolute Gasteiger partial charge is 0.391 e. The third kappa shape index (κ3) is 6.53. The first-order valence-electron chi connectivity index (χ1n) is 11.8. The summed E-state index contributed by atoms with van der Waals surface area (Å²) < 4.78 is 54.7. The number of rotatable bonds is 6. The van der Waals surface area contributed by atoms with E-state index in [0.717, 1.165) is 25.8 Å². The van der Waals surface area contributed by atoms with Gasteiger partial charge in [0.05, 0.1) is 24.9 Å². The highest BCUT2D eigenvalue weighted by molar-refractivity contribution is 4.97. The number of hydrogen-bond acceptors (Lipinski definition) is 5. The summed E-state index contributed by atoms with van der Waals surface area (Å²) in [6.45, 7) is 7.41. The Bertz CT molecular complexity index is 563. The molecule has 3 aliphatic rings. The summed E-state index contributed by atoms with van der Waals surface area (Å²) >= 11 is 0. The number of hydrogen-bond donors (Lipinski definition) is 4. The molecule has 5 nitrogen and oxygen atoms in total. The zero-order valence-corrected chi connectivity index (χ0v) is 19.0. The van der Waals surface area contributed by atoms with Crippen LogP contribution in [0.15, 0.2) is 0 Å². The maximum absolute atomic E-state index is 15.6. The van der Waals surface area contributed by atoms with Crippen molar-refractivity contribution in [2.24, 2.45) is 17.3 Å². The molecule has 0 spiro atoms. The van der Waals surface area contributed by atoms with Crippen LogP contribution < -0.4 is 16.0 Å².